The van der Waals surface area contributed by atoms with E-state index in [9.17, 15) is 4.79 Å². The Balaban J connectivity index is 1.95. The maximum atomic E-state index is 12.0. The van der Waals surface area contributed by atoms with Gasteiger partial charge in [0.1, 0.15) is 11.6 Å². The molecule has 1 aromatic heterocycles. The van der Waals surface area contributed by atoms with Crippen molar-refractivity contribution in [2.45, 2.75) is 25.7 Å². The van der Waals surface area contributed by atoms with Crippen LogP contribution in [0.15, 0.2) is 35.1 Å². The SMILES string of the molecule is CCOc1cccc(-c2nc(C3CCNCC3)cc(=O)[nH]2)c1. The highest BCUT2D eigenvalue weighted by Gasteiger charge is 2.18. The van der Waals surface area contributed by atoms with Crippen molar-refractivity contribution in [1.29, 1.82) is 0 Å². The van der Waals surface area contributed by atoms with Crippen LogP contribution in [0.3, 0.4) is 0 Å². The average Bonchev–Trinajstić information content (AvgIpc) is 2.56. The van der Waals surface area contributed by atoms with E-state index in [0.29, 0.717) is 18.3 Å². The van der Waals surface area contributed by atoms with Crippen LogP contribution in [0.5, 0.6) is 5.75 Å². The Kier molecular flexibility index (Phi) is 4.53. The van der Waals surface area contributed by atoms with Crippen molar-refractivity contribution in [3.05, 3.63) is 46.4 Å². The average molecular weight is 299 g/mol. The van der Waals surface area contributed by atoms with Gasteiger partial charge in [-0.05, 0) is 45.0 Å². The van der Waals surface area contributed by atoms with Crippen molar-refractivity contribution in [3.63, 3.8) is 0 Å². The van der Waals surface area contributed by atoms with Gasteiger partial charge < -0.3 is 15.0 Å². The molecular formula is C17H21N3O2. The van der Waals surface area contributed by atoms with Crippen LogP contribution in [0.1, 0.15) is 31.4 Å². The minimum Gasteiger partial charge on any atom is -0.494 e. The van der Waals surface area contributed by atoms with Crippen molar-refractivity contribution in [2.75, 3.05) is 19.7 Å². The smallest absolute Gasteiger partial charge is 0.251 e. The highest BCUT2D eigenvalue weighted by atomic mass is 16.5. The summed E-state index contributed by atoms with van der Waals surface area (Å²) in [5.41, 5.74) is 1.67. The maximum Gasteiger partial charge on any atom is 0.251 e. The molecule has 0 atom stereocenters. The number of H-pyrrole nitrogens is 1. The van der Waals surface area contributed by atoms with Gasteiger partial charge in [0, 0.05) is 17.5 Å². The Morgan fingerprint density at radius 2 is 2.09 bits per heavy atom. The van der Waals surface area contributed by atoms with Gasteiger partial charge in [0.2, 0.25) is 0 Å². The third kappa shape index (κ3) is 3.36. The summed E-state index contributed by atoms with van der Waals surface area (Å²) in [5, 5.41) is 3.34. The van der Waals surface area contributed by atoms with Gasteiger partial charge in [-0.15, -0.1) is 0 Å². The Morgan fingerprint density at radius 3 is 2.86 bits per heavy atom. The lowest BCUT2D eigenvalue weighted by Crippen LogP contribution is -2.28. The molecule has 5 nitrogen and oxygen atoms in total. The van der Waals surface area contributed by atoms with Crippen LogP contribution in [-0.4, -0.2) is 29.7 Å². The van der Waals surface area contributed by atoms with Crippen LogP contribution < -0.4 is 15.6 Å². The Labute approximate surface area is 129 Å². The molecule has 1 fully saturated rings. The molecule has 1 aliphatic rings. The molecule has 0 radical (unpaired) electrons. The van der Waals surface area contributed by atoms with E-state index in [1.54, 1.807) is 6.07 Å². The lowest BCUT2D eigenvalue weighted by molar-refractivity contribution is 0.340. The largest absolute Gasteiger partial charge is 0.494 e. The molecule has 116 valence electrons. The Morgan fingerprint density at radius 1 is 1.27 bits per heavy atom. The van der Waals surface area contributed by atoms with Crippen molar-refractivity contribution in [3.8, 4) is 17.1 Å². The first-order chi connectivity index (χ1) is 10.8. The number of piperidine rings is 1. The van der Waals surface area contributed by atoms with E-state index in [-0.39, 0.29) is 5.56 Å². The van der Waals surface area contributed by atoms with Gasteiger partial charge in [0.25, 0.3) is 5.56 Å². The number of hydrogen-bond acceptors (Lipinski definition) is 4. The van der Waals surface area contributed by atoms with E-state index < -0.39 is 0 Å². The molecule has 1 aromatic carbocycles. The number of rotatable bonds is 4. The summed E-state index contributed by atoms with van der Waals surface area (Å²) >= 11 is 0. The fourth-order valence-corrected chi connectivity index (χ4v) is 2.84. The van der Waals surface area contributed by atoms with E-state index >= 15 is 0 Å². The second-order valence-electron chi connectivity index (χ2n) is 5.50. The minimum absolute atomic E-state index is 0.0969. The third-order valence-corrected chi connectivity index (χ3v) is 3.94. The van der Waals surface area contributed by atoms with E-state index in [1.807, 2.05) is 31.2 Å². The van der Waals surface area contributed by atoms with Crippen LogP contribution in [0.25, 0.3) is 11.4 Å². The Bertz CT molecular complexity index is 690. The van der Waals surface area contributed by atoms with Crippen LogP contribution in [0.2, 0.25) is 0 Å². The number of aromatic amines is 1. The topological polar surface area (TPSA) is 67.0 Å². The second-order valence-corrected chi connectivity index (χ2v) is 5.50. The van der Waals surface area contributed by atoms with Gasteiger partial charge in [-0.25, -0.2) is 4.98 Å². The van der Waals surface area contributed by atoms with Crippen molar-refractivity contribution in [1.82, 2.24) is 15.3 Å². The number of benzene rings is 1. The summed E-state index contributed by atoms with van der Waals surface area (Å²) in [6, 6.07) is 9.30. The molecule has 0 aliphatic carbocycles. The van der Waals surface area contributed by atoms with E-state index in [2.05, 4.69) is 15.3 Å². The first-order valence-corrected chi connectivity index (χ1v) is 7.81. The first kappa shape index (κ1) is 14.8. The molecule has 5 heteroatoms. The molecule has 0 saturated carbocycles. The lowest BCUT2D eigenvalue weighted by atomic mass is 9.94. The van der Waals surface area contributed by atoms with Gasteiger partial charge in [0.15, 0.2) is 0 Å². The minimum atomic E-state index is -0.0969. The highest BCUT2D eigenvalue weighted by Crippen LogP contribution is 2.25. The fourth-order valence-electron chi connectivity index (χ4n) is 2.84. The molecule has 0 unspecified atom stereocenters. The monoisotopic (exact) mass is 299 g/mol. The zero-order valence-corrected chi connectivity index (χ0v) is 12.8. The van der Waals surface area contributed by atoms with Crippen LogP contribution in [0, 0.1) is 0 Å². The zero-order valence-electron chi connectivity index (χ0n) is 12.8. The van der Waals surface area contributed by atoms with Gasteiger partial charge in [-0.3, -0.25) is 4.79 Å². The molecule has 1 aliphatic heterocycles. The number of nitrogens with zero attached hydrogens (tertiary/aromatic N) is 1. The first-order valence-electron chi connectivity index (χ1n) is 7.81. The number of nitrogens with one attached hydrogen (secondary N) is 2. The normalized spacial score (nSPS) is 15.7. The number of ether oxygens (including phenoxy) is 1. The van der Waals surface area contributed by atoms with Crippen LogP contribution >= 0.6 is 0 Å². The summed E-state index contributed by atoms with van der Waals surface area (Å²) < 4.78 is 5.52. The molecule has 2 heterocycles. The lowest BCUT2D eigenvalue weighted by Gasteiger charge is -2.22. The van der Waals surface area contributed by atoms with Crippen molar-refractivity contribution in [2.24, 2.45) is 0 Å². The molecular weight excluding hydrogens is 278 g/mol. The van der Waals surface area contributed by atoms with Crippen molar-refractivity contribution < 1.29 is 4.74 Å². The van der Waals surface area contributed by atoms with Gasteiger partial charge in [-0.1, -0.05) is 12.1 Å². The molecule has 22 heavy (non-hydrogen) atoms. The van der Waals surface area contributed by atoms with E-state index in [1.165, 1.54) is 0 Å². The van der Waals surface area contributed by atoms with Gasteiger partial charge in [-0.2, -0.15) is 0 Å². The molecule has 2 N–H and O–H groups in total. The van der Waals surface area contributed by atoms with Crippen LogP contribution in [0.4, 0.5) is 0 Å². The number of hydrogen-bond donors (Lipinski definition) is 2. The fraction of sp³-hybridized carbons (Fsp3) is 0.412. The Hall–Kier alpha value is -2.14. The molecule has 0 spiro atoms. The molecule has 2 aromatic rings. The van der Waals surface area contributed by atoms with E-state index in [4.69, 9.17) is 4.74 Å². The van der Waals surface area contributed by atoms with Gasteiger partial charge in [0.05, 0.1) is 12.3 Å². The summed E-state index contributed by atoms with van der Waals surface area (Å²) in [6.45, 7) is 4.52. The predicted molar refractivity (Wildman–Crippen MR) is 86.3 cm³/mol. The summed E-state index contributed by atoms with van der Waals surface area (Å²) in [6.07, 6.45) is 2.05. The van der Waals surface area contributed by atoms with Gasteiger partial charge >= 0.3 is 0 Å². The highest BCUT2D eigenvalue weighted by molar-refractivity contribution is 5.57. The number of aromatic nitrogens is 2. The standard InChI is InChI=1S/C17H21N3O2/c1-2-22-14-5-3-4-13(10-14)17-19-15(11-16(21)20-17)12-6-8-18-9-7-12/h3-5,10-12,18H,2,6-9H2,1H3,(H,19,20,21). The maximum absolute atomic E-state index is 12.0. The summed E-state index contributed by atoms with van der Waals surface area (Å²) in [4.78, 5) is 19.5. The van der Waals surface area contributed by atoms with E-state index in [0.717, 1.165) is 42.9 Å². The second kappa shape index (κ2) is 6.75. The zero-order chi connectivity index (χ0) is 15.4. The third-order valence-electron chi connectivity index (χ3n) is 3.94. The molecule has 1 saturated heterocycles. The molecule has 0 amide bonds. The van der Waals surface area contributed by atoms with Crippen molar-refractivity contribution >= 4 is 0 Å². The van der Waals surface area contributed by atoms with Crippen LogP contribution in [-0.2, 0) is 0 Å². The molecule has 3 rings (SSSR count). The quantitative estimate of drug-likeness (QED) is 0.909. The molecule has 0 bridgehead atoms. The summed E-state index contributed by atoms with van der Waals surface area (Å²) in [7, 11) is 0. The predicted octanol–water partition coefficient (Wildman–Crippen LogP) is 2.30. The summed E-state index contributed by atoms with van der Waals surface area (Å²) in [5.74, 6) is 1.76.